The van der Waals surface area contributed by atoms with Gasteiger partial charge in [-0.25, -0.2) is 0 Å². The molecule has 4 nitrogen and oxygen atoms in total. The van der Waals surface area contributed by atoms with Gasteiger partial charge in [-0.2, -0.15) is 0 Å². The van der Waals surface area contributed by atoms with Crippen LogP contribution in [0.5, 0.6) is 5.75 Å². The SMILES string of the molecule is COc1ccc2c(c1)NC(=O)CN2C(C)C. The molecule has 1 N–H and O–H groups in total. The van der Waals surface area contributed by atoms with Crippen molar-refractivity contribution in [2.45, 2.75) is 19.9 Å². The molecule has 0 unspecified atom stereocenters. The van der Waals surface area contributed by atoms with Crippen LogP contribution >= 0.6 is 0 Å². The van der Waals surface area contributed by atoms with Gasteiger partial charge in [0.2, 0.25) is 5.91 Å². The predicted molar refractivity (Wildman–Crippen MR) is 64.1 cm³/mol. The summed E-state index contributed by atoms with van der Waals surface area (Å²) in [6, 6.07) is 6.04. The number of carbonyl (C=O) groups is 1. The molecule has 0 radical (unpaired) electrons. The summed E-state index contributed by atoms with van der Waals surface area (Å²) in [4.78, 5) is 13.6. The summed E-state index contributed by atoms with van der Waals surface area (Å²) in [6.45, 7) is 4.57. The summed E-state index contributed by atoms with van der Waals surface area (Å²) in [6.07, 6.45) is 0. The Morgan fingerprint density at radius 3 is 2.81 bits per heavy atom. The lowest BCUT2D eigenvalue weighted by atomic mass is 10.1. The molecule has 1 aliphatic rings. The van der Waals surface area contributed by atoms with Crippen LogP contribution in [-0.2, 0) is 4.79 Å². The average molecular weight is 220 g/mol. The van der Waals surface area contributed by atoms with Gasteiger partial charge in [0, 0.05) is 12.1 Å². The van der Waals surface area contributed by atoms with E-state index in [0.29, 0.717) is 12.6 Å². The topological polar surface area (TPSA) is 41.6 Å². The quantitative estimate of drug-likeness (QED) is 0.827. The molecular weight excluding hydrogens is 204 g/mol. The number of fused-ring (bicyclic) bond motifs is 1. The summed E-state index contributed by atoms with van der Waals surface area (Å²) in [5, 5.41) is 2.86. The zero-order valence-electron chi connectivity index (χ0n) is 9.78. The van der Waals surface area contributed by atoms with E-state index in [0.717, 1.165) is 17.1 Å². The highest BCUT2D eigenvalue weighted by Crippen LogP contribution is 2.33. The molecule has 1 aliphatic heterocycles. The number of amides is 1. The fourth-order valence-corrected chi connectivity index (χ4v) is 1.88. The number of carbonyl (C=O) groups excluding carboxylic acids is 1. The van der Waals surface area contributed by atoms with Crippen LogP contribution in [0.3, 0.4) is 0 Å². The predicted octanol–water partition coefficient (Wildman–Crippen LogP) is 1.86. The number of benzene rings is 1. The van der Waals surface area contributed by atoms with E-state index in [9.17, 15) is 4.79 Å². The lowest BCUT2D eigenvalue weighted by Gasteiger charge is -2.34. The van der Waals surface area contributed by atoms with Crippen molar-refractivity contribution < 1.29 is 9.53 Å². The van der Waals surface area contributed by atoms with Crippen LogP contribution in [0.25, 0.3) is 0 Å². The van der Waals surface area contributed by atoms with E-state index in [-0.39, 0.29) is 5.91 Å². The molecule has 2 rings (SSSR count). The van der Waals surface area contributed by atoms with E-state index in [4.69, 9.17) is 4.74 Å². The number of rotatable bonds is 2. The Labute approximate surface area is 95.2 Å². The van der Waals surface area contributed by atoms with Crippen LogP contribution in [0.4, 0.5) is 11.4 Å². The smallest absolute Gasteiger partial charge is 0.243 e. The molecule has 1 aromatic rings. The number of nitrogens with one attached hydrogen (secondary N) is 1. The molecule has 1 aromatic carbocycles. The monoisotopic (exact) mass is 220 g/mol. The first-order valence-corrected chi connectivity index (χ1v) is 5.36. The highest BCUT2D eigenvalue weighted by atomic mass is 16.5. The van der Waals surface area contributed by atoms with Crippen LogP contribution in [0.15, 0.2) is 18.2 Å². The number of ether oxygens (including phenoxy) is 1. The third-order valence-corrected chi connectivity index (χ3v) is 2.72. The van der Waals surface area contributed by atoms with Crippen LogP contribution in [-0.4, -0.2) is 25.6 Å². The zero-order chi connectivity index (χ0) is 11.7. The normalized spacial score (nSPS) is 14.8. The van der Waals surface area contributed by atoms with E-state index >= 15 is 0 Å². The molecule has 0 fully saturated rings. The van der Waals surface area contributed by atoms with Crippen molar-refractivity contribution in [3.63, 3.8) is 0 Å². The van der Waals surface area contributed by atoms with E-state index in [1.165, 1.54) is 0 Å². The first kappa shape index (κ1) is 10.8. The zero-order valence-corrected chi connectivity index (χ0v) is 9.78. The molecule has 4 heteroatoms. The molecule has 0 atom stereocenters. The molecular formula is C12H16N2O2. The van der Waals surface area contributed by atoms with E-state index in [2.05, 4.69) is 24.1 Å². The molecule has 86 valence electrons. The molecule has 0 aliphatic carbocycles. The van der Waals surface area contributed by atoms with Crippen molar-refractivity contribution in [3.05, 3.63) is 18.2 Å². The van der Waals surface area contributed by atoms with E-state index in [1.54, 1.807) is 7.11 Å². The van der Waals surface area contributed by atoms with Gasteiger partial charge in [0.05, 0.1) is 25.0 Å². The molecule has 0 spiro atoms. The molecule has 1 heterocycles. The summed E-state index contributed by atoms with van der Waals surface area (Å²) < 4.78 is 5.14. The second kappa shape index (κ2) is 4.04. The first-order chi connectivity index (χ1) is 7.61. The maximum atomic E-state index is 11.5. The van der Waals surface area contributed by atoms with Crippen LogP contribution in [0.1, 0.15) is 13.8 Å². The summed E-state index contributed by atoms with van der Waals surface area (Å²) in [5.74, 6) is 0.777. The van der Waals surface area contributed by atoms with Crippen molar-refractivity contribution in [1.29, 1.82) is 0 Å². The number of anilines is 2. The van der Waals surface area contributed by atoms with Gasteiger partial charge in [-0.15, -0.1) is 0 Å². The number of hydrogen-bond acceptors (Lipinski definition) is 3. The van der Waals surface area contributed by atoms with Gasteiger partial charge < -0.3 is 15.0 Å². The Hall–Kier alpha value is -1.71. The third kappa shape index (κ3) is 1.83. The van der Waals surface area contributed by atoms with Crippen molar-refractivity contribution in [3.8, 4) is 5.75 Å². The number of nitrogens with zero attached hydrogens (tertiary/aromatic N) is 1. The highest BCUT2D eigenvalue weighted by Gasteiger charge is 2.23. The third-order valence-electron chi connectivity index (χ3n) is 2.72. The summed E-state index contributed by atoms with van der Waals surface area (Å²) in [5.41, 5.74) is 1.87. The lowest BCUT2D eigenvalue weighted by Crippen LogP contribution is -2.42. The van der Waals surface area contributed by atoms with Gasteiger partial charge in [-0.05, 0) is 26.0 Å². The van der Waals surface area contributed by atoms with Gasteiger partial charge in [-0.1, -0.05) is 0 Å². The summed E-state index contributed by atoms with van der Waals surface area (Å²) in [7, 11) is 1.62. The molecule has 0 aromatic heterocycles. The first-order valence-electron chi connectivity index (χ1n) is 5.36. The molecule has 16 heavy (non-hydrogen) atoms. The van der Waals surface area contributed by atoms with Gasteiger partial charge in [0.15, 0.2) is 0 Å². The molecule has 0 bridgehead atoms. The lowest BCUT2D eigenvalue weighted by molar-refractivity contribution is -0.115. The Morgan fingerprint density at radius 2 is 2.19 bits per heavy atom. The van der Waals surface area contributed by atoms with E-state index < -0.39 is 0 Å². The van der Waals surface area contributed by atoms with Gasteiger partial charge in [0.1, 0.15) is 5.75 Å². The molecule has 0 saturated carbocycles. The number of hydrogen-bond donors (Lipinski definition) is 1. The van der Waals surface area contributed by atoms with Crippen molar-refractivity contribution in [2.75, 3.05) is 23.9 Å². The average Bonchev–Trinajstić information content (AvgIpc) is 2.26. The Bertz CT molecular complexity index is 415. The van der Waals surface area contributed by atoms with Gasteiger partial charge in [0.25, 0.3) is 0 Å². The van der Waals surface area contributed by atoms with Crippen molar-refractivity contribution in [2.24, 2.45) is 0 Å². The highest BCUT2D eigenvalue weighted by molar-refractivity contribution is 6.01. The Kier molecular flexibility index (Phi) is 2.73. The van der Waals surface area contributed by atoms with Crippen LogP contribution < -0.4 is 15.0 Å². The maximum absolute atomic E-state index is 11.5. The fraction of sp³-hybridized carbons (Fsp3) is 0.417. The standard InChI is InChI=1S/C12H16N2O2/c1-8(2)14-7-12(15)13-10-6-9(16-3)4-5-11(10)14/h4-6,8H,7H2,1-3H3,(H,13,15). The largest absolute Gasteiger partial charge is 0.497 e. The van der Waals surface area contributed by atoms with E-state index in [1.807, 2.05) is 18.2 Å². The van der Waals surface area contributed by atoms with Crippen molar-refractivity contribution >= 4 is 17.3 Å². The van der Waals surface area contributed by atoms with Crippen LogP contribution in [0, 0.1) is 0 Å². The minimum Gasteiger partial charge on any atom is -0.497 e. The summed E-state index contributed by atoms with van der Waals surface area (Å²) >= 11 is 0. The minimum absolute atomic E-state index is 0.0226. The second-order valence-corrected chi connectivity index (χ2v) is 4.15. The van der Waals surface area contributed by atoms with Gasteiger partial charge in [-0.3, -0.25) is 4.79 Å². The second-order valence-electron chi connectivity index (χ2n) is 4.15. The Morgan fingerprint density at radius 1 is 1.44 bits per heavy atom. The molecule has 1 amide bonds. The maximum Gasteiger partial charge on any atom is 0.243 e. The van der Waals surface area contributed by atoms with Crippen LogP contribution in [0.2, 0.25) is 0 Å². The fourth-order valence-electron chi connectivity index (χ4n) is 1.88. The van der Waals surface area contributed by atoms with Crippen molar-refractivity contribution in [1.82, 2.24) is 0 Å². The molecule has 0 saturated heterocycles. The Balaban J connectivity index is 2.43. The minimum atomic E-state index is 0.0226. The number of methoxy groups -OCH3 is 1. The van der Waals surface area contributed by atoms with Gasteiger partial charge >= 0.3 is 0 Å².